The Morgan fingerprint density at radius 2 is 1.47 bits per heavy atom. The number of ether oxygens (including phenoxy) is 3. The first-order valence-electron chi connectivity index (χ1n) is 13.7. The number of aromatic carboxylic acids is 1. The Hall–Kier alpha value is -3.84. The standard InChI is InChI=1S/C15H18F3NO3.C14H14F3NO3/c1-21-14(20)11-7-12(10-5-3-2-4-6-10)13(19-8-11)22-9-15(16,17)18;15-14(16,17)8-21-12-11(9-4-2-1-3-5-9)6-10(7-18-12)13(19)20/h7-8,10H,2-6,9H2,1H3;4,6-7H,1-3,5,8H2,(H,19,20). The Labute approximate surface area is 244 Å². The summed E-state index contributed by atoms with van der Waals surface area (Å²) < 4.78 is 88.0. The van der Waals surface area contributed by atoms with Gasteiger partial charge in [0.2, 0.25) is 11.8 Å². The van der Waals surface area contributed by atoms with Crippen LogP contribution >= 0.6 is 0 Å². The highest BCUT2D eigenvalue weighted by molar-refractivity contribution is 5.89. The number of methoxy groups -OCH3 is 1. The zero-order chi connectivity index (χ0) is 31.6. The van der Waals surface area contributed by atoms with Gasteiger partial charge in [0.15, 0.2) is 13.2 Å². The second-order valence-corrected chi connectivity index (χ2v) is 10.1. The van der Waals surface area contributed by atoms with Gasteiger partial charge in [-0.2, -0.15) is 26.3 Å². The molecule has 0 amide bonds. The molecule has 4 rings (SSSR count). The molecule has 43 heavy (non-hydrogen) atoms. The number of halogens is 6. The number of carboxylic acid groups (broad SMARTS) is 1. The maximum Gasteiger partial charge on any atom is 0.422 e. The third kappa shape index (κ3) is 10.7. The lowest BCUT2D eigenvalue weighted by Crippen LogP contribution is -2.21. The largest absolute Gasteiger partial charge is 0.478 e. The fourth-order valence-corrected chi connectivity index (χ4v) is 4.82. The summed E-state index contributed by atoms with van der Waals surface area (Å²) in [4.78, 5) is 30.2. The molecule has 236 valence electrons. The lowest BCUT2D eigenvalue weighted by Gasteiger charge is -2.24. The van der Waals surface area contributed by atoms with Crippen LogP contribution in [0.2, 0.25) is 0 Å². The van der Waals surface area contributed by atoms with Gasteiger partial charge in [0.05, 0.1) is 18.2 Å². The van der Waals surface area contributed by atoms with Gasteiger partial charge in [-0.1, -0.05) is 25.3 Å². The Morgan fingerprint density at radius 3 is 2.02 bits per heavy atom. The topological polar surface area (TPSA) is 108 Å². The van der Waals surface area contributed by atoms with Crippen molar-refractivity contribution in [2.24, 2.45) is 0 Å². The van der Waals surface area contributed by atoms with Crippen LogP contribution in [0.5, 0.6) is 11.8 Å². The molecule has 1 saturated carbocycles. The van der Waals surface area contributed by atoms with Gasteiger partial charge in [0.25, 0.3) is 0 Å². The average molecular weight is 619 g/mol. The number of esters is 1. The molecule has 14 heteroatoms. The van der Waals surface area contributed by atoms with E-state index in [9.17, 15) is 35.9 Å². The number of aromatic nitrogens is 2. The first-order valence-corrected chi connectivity index (χ1v) is 13.7. The predicted octanol–water partition coefficient (Wildman–Crippen LogP) is 7.54. The van der Waals surface area contributed by atoms with E-state index < -0.39 is 37.5 Å². The van der Waals surface area contributed by atoms with Crippen LogP contribution in [-0.2, 0) is 4.74 Å². The van der Waals surface area contributed by atoms with E-state index in [2.05, 4.69) is 14.7 Å². The average Bonchev–Trinajstić information content (AvgIpc) is 2.99. The third-order valence-electron chi connectivity index (χ3n) is 6.83. The van der Waals surface area contributed by atoms with Crippen LogP contribution in [-0.4, -0.2) is 59.7 Å². The minimum absolute atomic E-state index is 0.0446. The van der Waals surface area contributed by atoms with E-state index in [1.807, 2.05) is 6.08 Å². The van der Waals surface area contributed by atoms with Crippen LogP contribution in [0, 0.1) is 0 Å². The number of pyridine rings is 2. The van der Waals surface area contributed by atoms with Gasteiger partial charge in [0, 0.05) is 23.5 Å². The van der Waals surface area contributed by atoms with E-state index in [0.717, 1.165) is 63.1 Å². The van der Waals surface area contributed by atoms with Gasteiger partial charge < -0.3 is 19.3 Å². The van der Waals surface area contributed by atoms with Gasteiger partial charge in [-0.05, 0) is 62.1 Å². The molecule has 0 radical (unpaired) electrons. The molecule has 0 aliphatic heterocycles. The molecule has 2 heterocycles. The van der Waals surface area contributed by atoms with E-state index in [0.29, 0.717) is 17.5 Å². The summed E-state index contributed by atoms with van der Waals surface area (Å²) in [6, 6.07) is 2.86. The van der Waals surface area contributed by atoms with E-state index in [1.165, 1.54) is 19.4 Å². The quantitative estimate of drug-likeness (QED) is 0.239. The van der Waals surface area contributed by atoms with Gasteiger partial charge >= 0.3 is 24.3 Å². The Bertz CT molecular complexity index is 1290. The molecule has 1 fully saturated rings. The van der Waals surface area contributed by atoms with E-state index in [1.54, 1.807) is 6.07 Å². The summed E-state index contributed by atoms with van der Waals surface area (Å²) >= 11 is 0. The molecule has 2 aliphatic rings. The molecular weight excluding hydrogens is 586 g/mol. The summed E-state index contributed by atoms with van der Waals surface area (Å²) in [6.45, 7) is -2.84. The Balaban J connectivity index is 0.000000236. The molecule has 2 aromatic heterocycles. The Morgan fingerprint density at radius 1 is 0.860 bits per heavy atom. The first kappa shape index (κ1) is 33.7. The lowest BCUT2D eigenvalue weighted by molar-refractivity contribution is -0.154. The molecule has 0 saturated heterocycles. The third-order valence-corrected chi connectivity index (χ3v) is 6.83. The van der Waals surface area contributed by atoms with Crippen molar-refractivity contribution in [3.05, 3.63) is 52.9 Å². The molecule has 0 unspecified atom stereocenters. The van der Waals surface area contributed by atoms with Crippen LogP contribution in [0.15, 0.2) is 30.6 Å². The van der Waals surface area contributed by atoms with Crippen LogP contribution < -0.4 is 9.47 Å². The fraction of sp³-hybridized carbons (Fsp3) is 0.517. The van der Waals surface area contributed by atoms with Crippen molar-refractivity contribution in [3.63, 3.8) is 0 Å². The zero-order valence-electron chi connectivity index (χ0n) is 23.4. The first-order chi connectivity index (χ1) is 20.3. The molecule has 0 atom stereocenters. The monoisotopic (exact) mass is 618 g/mol. The number of carbonyl (C=O) groups is 2. The van der Waals surface area contributed by atoms with Crippen LogP contribution in [0.3, 0.4) is 0 Å². The van der Waals surface area contributed by atoms with Gasteiger partial charge in [-0.25, -0.2) is 19.6 Å². The minimum atomic E-state index is -4.47. The van der Waals surface area contributed by atoms with Crippen molar-refractivity contribution < 1.29 is 55.2 Å². The van der Waals surface area contributed by atoms with Crippen molar-refractivity contribution >= 4 is 17.5 Å². The molecule has 8 nitrogen and oxygen atoms in total. The van der Waals surface area contributed by atoms with E-state index in [4.69, 9.17) is 14.6 Å². The number of hydrogen-bond donors (Lipinski definition) is 1. The molecule has 2 aromatic rings. The number of allylic oxidation sites excluding steroid dienone is 2. The van der Waals surface area contributed by atoms with Crippen LogP contribution in [0.25, 0.3) is 5.57 Å². The maximum atomic E-state index is 12.4. The van der Waals surface area contributed by atoms with Gasteiger partial charge in [0.1, 0.15) is 0 Å². The number of carbonyl (C=O) groups excluding carboxylic acids is 1. The van der Waals surface area contributed by atoms with Crippen molar-refractivity contribution in [2.45, 2.75) is 76.1 Å². The van der Waals surface area contributed by atoms with Crippen LogP contribution in [0.1, 0.15) is 95.5 Å². The zero-order valence-corrected chi connectivity index (χ0v) is 23.4. The summed E-state index contributed by atoms with van der Waals surface area (Å²) in [5, 5.41) is 8.98. The number of nitrogens with zero attached hydrogens (tertiary/aromatic N) is 2. The second kappa shape index (κ2) is 15.1. The highest BCUT2D eigenvalue weighted by Gasteiger charge is 2.31. The van der Waals surface area contributed by atoms with E-state index in [-0.39, 0.29) is 28.8 Å². The van der Waals surface area contributed by atoms with Gasteiger partial charge in [-0.3, -0.25) is 0 Å². The molecule has 1 N–H and O–H groups in total. The predicted molar refractivity (Wildman–Crippen MR) is 142 cm³/mol. The smallest absolute Gasteiger partial charge is 0.422 e. The number of carboxylic acids is 1. The lowest BCUT2D eigenvalue weighted by atomic mass is 9.84. The summed E-state index contributed by atoms with van der Waals surface area (Å²) in [5.74, 6) is -1.90. The second-order valence-electron chi connectivity index (χ2n) is 10.1. The highest BCUT2D eigenvalue weighted by Crippen LogP contribution is 2.38. The highest BCUT2D eigenvalue weighted by atomic mass is 19.4. The fourth-order valence-electron chi connectivity index (χ4n) is 4.82. The van der Waals surface area contributed by atoms with Crippen molar-refractivity contribution in [3.8, 4) is 11.8 Å². The Kier molecular flexibility index (Phi) is 11.8. The van der Waals surface area contributed by atoms with E-state index >= 15 is 0 Å². The molecule has 0 spiro atoms. The summed E-state index contributed by atoms with van der Waals surface area (Å²) in [5.41, 5.74) is 1.83. The van der Waals surface area contributed by atoms with Crippen LogP contribution in [0.4, 0.5) is 26.3 Å². The number of hydrogen-bond acceptors (Lipinski definition) is 7. The molecule has 0 bridgehead atoms. The van der Waals surface area contributed by atoms with Crippen molar-refractivity contribution in [1.82, 2.24) is 9.97 Å². The maximum absolute atomic E-state index is 12.4. The normalized spacial score (nSPS) is 15.9. The van der Waals surface area contributed by atoms with Crippen molar-refractivity contribution in [1.29, 1.82) is 0 Å². The molecular formula is C29H32F6N2O6. The van der Waals surface area contributed by atoms with Crippen molar-refractivity contribution in [2.75, 3.05) is 20.3 Å². The minimum Gasteiger partial charge on any atom is -0.478 e. The van der Waals surface area contributed by atoms with Gasteiger partial charge in [-0.15, -0.1) is 0 Å². The summed E-state index contributed by atoms with van der Waals surface area (Å²) in [6.07, 6.45) is 3.42. The number of alkyl halides is 6. The number of rotatable bonds is 8. The summed E-state index contributed by atoms with van der Waals surface area (Å²) in [7, 11) is 1.25. The SMILES string of the molecule is COC(=O)c1cnc(OCC(F)(F)F)c(C2CCCCC2)c1.O=C(O)c1cnc(OCC(F)(F)F)c(C2=CCCCC2)c1. The molecule has 2 aliphatic carbocycles. The molecule has 0 aromatic carbocycles.